The highest BCUT2D eigenvalue weighted by molar-refractivity contribution is 5.83. The second-order valence-corrected chi connectivity index (χ2v) is 3.77. The van der Waals surface area contributed by atoms with Crippen LogP contribution in [0.2, 0.25) is 0 Å². The third-order valence-corrected chi connectivity index (χ3v) is 2.66. The van der Waals surface area contributed by atoms with E-state index in [1.54, 1.807) is 19.4 Å². The van der Waals surface area contributed by atoms with Gasteiger partial charge in [-0.05, 0) is 18.2 Å². The van der Waals surface area contributed by atoms with Crippen LogP contribution in [-0.2, 0) is 0 Å². The van der Waals surface area contributed by atoms with Crippen molar-refractivity contribution in [3.05, 3.63) is 36.5 Å². The fourth-order valence-electron chi connectivity index (χ4n) is 1.79. The van der Waals surface area contributed by atoms with Crippen LogP contribution in [0.4, 0.5) is 5.69 Å². The number of nitrogen functional groups attached to an aromatic ring is 1. The molecule has 1 aromatic carbocycles. The molecule has 0 aliphatic rings. The van der Waals surface area contributed by atoms with Crippen molar-refractivity contribution in [2.24, 2.45) is 0 Å². The lowest BCUT2D eigenvalue weighted by molar-refractivity contribution is 0.414. The molecule has 0 aliphatic carbocycles. The molecule has 0 saturated heterocycles. The maximum Gasteiger partial charge on any atom is 0.232 e. The van der Waals surface area contributed by atoms with E-state index in [1.807, 2.05) is 24.3 Å². The lowest BCUT2D eigenvalue weighted by Gasteiger charge is -2.03. The van der Waals surface area contributed by atoms with E-state index in [1.165, 1.54) is 0 Å². The maximum absolute atomic E-state index is 5.81. The Morgan fingerprint density at radius 2 is 2.06 bits per heavy atom. The van der Waals surface area contributed by atoms with E-state index in [9.17, 15) is 0 Å². The van der Waals surface area contributed by atoms with Gasteiger partial charge in [0.05, 0.1) is 18.4 Å². The number of rotatable bonds is 2. The number of para-hydroxylation sites is 1. The SMILES string of the molecule is COc1ccccc1-c1nc2nccc(N)c2o1. The summed E-state index contributed by atoms with van der Waals surface area (Å²) < 4.78 is 10.9. The molecule has 0 bridgehead atoms. The summed E-state index contributed by atoms with van der Waals surface area (Å²) in [6, 6.07) is 9.18. The van der Waals surface area contributed by atoms with Gasteiger partial charge in [0, 0.05) is 6.20 Å². The molecule has 0 saturated carbocycles. The first-order valence-electron chi connectivity index (χ1n) is 5.44. The van der Waals surface area contributed by atoms with Gasteiger partial charge < -0.3 is 14.9 Å². The first-order valence-corrected chi connectivity index (χ1v) is 5.44. The molecule has 18 heavy (non-hydrogen) atoms. The summed E-state index contributed by atoms with van der Waals surface area (Å²) in [4.78, 5) is 8.43. The third-order valence-electron chi connectivity index (χ3n) is 2.66. The Bertz CT molecular complexity index is 706. The molecule has 2 N–H and O–H groups in total. The second-order valence-electron chi connectivity index (χ2n) is 3.77. The summed E-state index contributed by atoms with van der Waals surface area (Å²) in [5.74, 6) is 1.15. The first-order chi connectivity index (χ1) is 8.79. The van der Waals surface area contributed by atoms with Gasteiger partial charge >= 0.3 is 0 Å². The van der Waals surface area contributed by atoms with Gasteiger partial charge in [-0.3, -0.25) is 0 Å². The molecule has 5 nitrogen and oxygen atoms in total. The lowest BCUT2D eigenvalue weighted by Crippen LogP contribution is -1.87. The molecule has 90 valence electrons. The van der Waals surface area contributed by atoms with Gasteiger partial charge in [0.25, 0.3) is 0 Å². The summed E-state index contributed by atoms with van der Waals surface area (Å²) in [6.07, 6.45) is 1.60. The fourth-order valence-corrected chi connectivity index (χ4v) is 1.79. The van der Waals surface area contributed by atoms with Crippen LogP contribution in [0.15, 0.2) is 40.9 Å². The Labute approximate surface area is 103 Å². The van der Waals surface area contributed by atoms with Gasteiger partial charge in [-0.1, -0.05) is 12.1 Å². The second kappa shape index (κ2) is 4.03. The molecular formula is C13H11N3O2. The summed E-state index contributed by atoms with van der Waals surface area (Å²) >= 11 is 0. The van der Waals surface area contributed by atoms with Gasteiger partial charge in [-0.15, -0.1) is 0 Å². The topological polar surface area (TPSA) is 74.2 Å². The molecule has 0 unspecified atom stereocenters. The lowest BCUT2D eigenvalue weighted by atomic mass is 10.2. The van der Waals surface area contributed by atoms with Crippen LogP contribution in [0.25, 0.3) is 22.7 Å². The Balaban J connectivity index is 2.23. The molecule has 2 aromatic heterocycles. The molecule has 0 radical (unpaired) electrons. The quantitative estimate of drug-likeness (QED) is 0.746. The van der Waals surface area contributed by atoms with Crippen LogP contribution in [0.3, 0.4) is 0 Å². The highest BCUT2D eigenvalue weighted by atomic mass is 16.5. The number of nitrogens with zero attached hydrogens (tertiary/aromatic N) is 2. The number of hydrogen-bond acceptors (Lipinski definition) is 5. The fraction of sp³-hybridized carbons (Fsp3) is 0.0769. The number of ether oxygens (including phenoxy) is 1. The van der Waals surface area contributed by atoms with Crippen LogP contribution < -0.4 is 10.5 Å². The zero-order valence-corrected chi connectivity index (χ0v) is 9.75. The average molecular weight is 241 g/mol. The van der Waals surface area contributed by atoms with Crippen LogP contribution in [0.5, 0.6) is 5.75 Å². The van der Waals surface area contributed by atoms with Gasteiger partial charge in [0.1, 0.15) is 5.75 Å². The molecule has 5 heteroatoms. The molecule has 3 rings (SSSR count). The van der Waals surface area contributed by atoms with Gasteiger partial charge in [0.2, 0.25) is 11.5 Å². The Morgan fingerprint density at radius 1 is 1.22 bits per heavy atom. The zero-order chi connectivity index (χ0) is 12.5. The number of aromatic nitrogens is 2. The minimum Gasteiger partial charge on any atom is -0.496 e. The molecule has 0 spiro atoms. The van der Waals surface area contributed by atoms with E-state index in [2.05, 4.69) is 9.97 Å². The molecule has 0 amide bonds. The van der Waals surface area contributed by atoms with Crippen molar-refractivity contribution in [1.82, 2.24) is 9.97 Å². The van der Waals surface area contributed by atoms with Crippen molar-refractivity contribution in [2.75, 3.05) is 12.8 Å². The molecule has 2 heterocycles. The average Bonchev–Trinajstić information content (AvgIpc) is 2.84. The van der Waals surface area contributed by atoms with Crippen molar-refractivity contribution in [2.45, 2.75) is 0 Å². The van der Waals surface area contributed by atoms with Crippen LogP contribution >= 0.6 is 0 Å². The van der Waals surface area contributed by atoms with E-state index in [0.717, 1.165) is 5.56 Å². The molecular weight excluding hydrogens is 230 g/mol. The third kappa shape index (κ3) is 1.57. The Morgan fingerprint density at radius 3 is 2.83 bits per heavy atom. The van der Waals surface area contributed by atoms with Crippen molar-refractivity contribution < 1.29 is 9.15 Å². The number of nitrogens with two attached hydrogens (primary N) is 1. The Kier molecular flexibility index (Phi) is 2.37. The van der Waals surface area contributed by atoms with Crippen LogP contribution in [0.1, 0.15) is 0 Å². The van der Waals surface area contributed by atoms with E-state index >= 15 is 0 Å². The zero-order valence-electron chi connectivity index (χ0n) is 9.75. The number of anilines is 1. The summed E-state index contributed by atoms with van der Waals surface area (Å²) in [5, 5.41) is 0. The van der Waals surface area contributed by atoms with E-state index in [0.29, 0.717) is 28.6 Å². The predicted molar refractivity (Wildman–Crippen MR) is 68.2 cm³/mol. The van der Waals surface area contributed by atoms with Gasteiger partial charge in [-0.25, -0.2) is 4.98 Å². The molecule has 0 fully saturated rings. The molecule has 0 aliphatic heterocycles. The number of oxazole rings is 1. The number of fused-ring (bicyclic) bond motifs is 1. The monoisotopic (exact) mass is 241 g/mol. The van der Waals surface area contributed by atoms with Gasteiger partial charge in [0.15, 0.2) is 5.58 Å². The summed E-state index contributed by atoms with van der Waals surface area (Å²) in [5.41, 5.74) is 8.11. The van der Waals surface area contributed by atoms with E-state index < -0.39 is 0 Å². The minimum absolute atomic E-state index is 0.452. The normalized spacial score (nSPS) is 10.7. The highest BCUT2D eigenvalue weighted by Crippen LogP contribution is 2.32. The maximum atomic E-state index is 5.81. The van der Waals surface area contributed by atoms with Crippen molar-refractivity contribution in [3.8, 4) is 17.2 Å². The smallest absolute Gasteiger partial charge is 0.232 e. The summed E-state index contributed by atoms with van der Waals surface area (Å²) in [7, 11) is 1.61. The van der Waals surface area contributed by atoms with Crippen molar-refractivity contribution >= 4 is 16.9 Å². The van der Waals surface area contributed by atoms with Crippen LogP contribution in [0, 0.1) is 0 Å². The highest BCUT2D eigenvalue weighted by Gasteiger charge is 2.14. The molecule has 0 atom stereocenters. The minimum atomic E-state index is 0.452. The van der Waals surface area contributed by atoms with E-state index in [-0.39, 0.29) is 0 Å². The van der Waals surface area contributed by atoms with Gasteiger partial charge in [-0.2, -0.15) is 4.98 Å². The van der Waals surface area contributed by atoms with Crippen molar-refractivity contribution in [3.63, 3.8) is 0 Å². The Hall–Kier alpha value is -2.56. The standard InChI is InChI=1S/C13H11N3O2/c1-17-10-5-3-2-4-8(10)13-16-12-11(18-13)9(14)6-7-15-12/h2-7H,1H3,(H2,14,15). The van der Waals surface area contributed by atoms with E-state index in [4.69, 9.17) is 14.9 Å². The summed E-state index contributed by atoms with van der Waals surface area (Å²) in [6.45, 7) is 0. The van der Waals surface area contributed by atoms with Crippen LogP contribution in [-0.4, -0.2) is 17.1 Å². The number of methoxy groups -OCH3 is 1. The molecule has 3 aromatic rings. The number of benzene rings is 1. The first kappa shape index (κ1) is 10.6. The number of hydrogen-bond donors (Lipinski definition) is 1. The predicted octanol–water partition coefficient (Wildman–Crippen LogP) is 2.48. The largest absolute Gasteiger partial charge is 0.496 e. The van der Waals surface area contributed by atoms with Crippen molar-refractivity contribution in [1.29, 1.82) is 0 Å². The number of pyridine rings is 1.